The molecule has 1 N–H and O–H groups in total. The van der Waals surface area contributed by atoms with Gasteiger partial charge in [-0.3, -0.25) is 0 Å². The standard InChI is InChI=1S/C14H18N2O4/c1-10(15-18)11-6-5-7-12(8-11)16(2)13(9-19-3)14(17)20-4/h5-9,18H,1-4H3. The summed E-state index contributed by atoms with van der Waals surface area (Å²) in [6, 6.07) is 7.23. The quantitative estimate of drug-likeness (QED) is 0.223. The number of carbonyl (C=O) groups excluding carboxylic acids is 1. The lowest BCUT2D eigenvalue weighted by molar-refractivity contribution is -0.136. The molecule has 6 heteroatoms. The molecule has 108 valence electrons. The van der Waals surface area contributed by atoms with Crippen molar-refractivity contribution < 1.29 is 19.5 Å². The molecule has 0 aliphatic rings. The van der Waals surface area contributed by atoms with Gasteiger partial charge >= 0.3 is 5.97 Å². The average molecular weight is 278 g/mol. The van der Waals surface area contributed by atoms with Gasteiger partial charge in [0, 0.05) is 18.3 Å². The molecule has 0 aliphatic carbocycles. The van der Waals surface area contributed by atoms with Gasteiger partial charge in [0.05, 0.1) is 19.9 Å². The van der Waals surface area contributed by atoms with Crippen molar-refractivity contribution in [3.05, 3.63) is 41.8 Å². The van der Waals surface area contributed by atoms with Crippen LogP contribution in [-0.4, -0.2) is 38.2 Å². The van der Waals surface area contributed by atoms with Crippen LogP contribution in [0, 0.1) is 0 Å². The molecular weight excluding hydrogens is 260 g/mol. The molecule has 0 fully saturated rings. The van der Waals surface area contributed by atoms with Gasteiger partial charge in [-0.25, -0.2) is 4.79 Å². The molecule has 20 heavy (non-hydrogen) atoms. The summed E-state index contributed by atoms with van der Waals surface area (Å²) in [6.07, 6.45) is 1.31. The van der Waals surface area contributed by atoms with E-state index in [4.69, 9.17) is 14.7 Å². The number of hydrogen-bond acceptors (Lipinski definition) is 6. The molecule has 0 spiro atoms. The topological polar surface area (TPSA) is 71.4 Å². The van der Waals surface area contributed by atoms with Gasteiger partial charge in [-0.2, -0.15) is 0 Å². The zero-order valence-electron chi connectivity index (χ0n) is 12.0. The van der Waals surface area contributed by atoms with Crippen LogP contribution >= 0.6 is 0 Å². The highest BCUT2D eigenvalue weighted by atomic mass is 16.5. The van der Waals surface area contributed by atoms with Crippen LogP contribution in [0.4, 0.5) is 5.69 Å². The fourth-order valence-corrected chi connectivity index (χ4v) is 1.62. The molecule has 0 amide bonds. The van der Waals surface area contributed by atoms with Crippen molar-refractivity contribution in [1.29, 1.82) is 0 Å². The van der Waals surface area contributed by atoms with E-state index in [9.17, 15) is 4.79 Å². The first-order chi connectivity index (χ1) is 9.54. The van der Waals surface area contributed by atoms with Crippen LogP contribution in [0.5, 0.6) is 0 Å². The summed E-state index contributed by atoms with van der Waals surface area (Å²) in [5, 5.41) is 12.0. The Bertz CT molecular complexity index is 538. The number of carbonyl (C=O) groups is 1. The normalized spacial score (nSPS) is 12.0. The van der Waals surface area contributed by atoms with E-state index >= 15 is 0 Å². The predicted molar refractivity (Wildman–Crippen MR) is 76.0 cm³/mol. The minimum absolute atomic E-state index is 0.255. The van der Waals surface area contributed by atoms with E-state index in [1.165, 1.54) is 20.5 Å². The first-order valence-corrected chi connectivity index (χ1v) is 5.89. The van der Waals surface area contributed by atoms with Gasteiger partial charge in [-0.15, -0.1) is 0 Å². The molecule has 0 heterocycles. The number of methoxy groups -OCH3 is 2. The Morgan fingerprint density at radius 1 is 1.40 bits per heavy atom. The van der Waals surface area contributed by atoms with Gasteiger partial charge in [0.15, 0.2) is 5.70 Å². The van der Waals surface area contributed by atoms with E-state index < -0.39 is 5.97 Å². The number of hydrogen-bond donors (Lipinski definition) is 1. The second-order valence-electron chi connectivity index (χ2n) is 4.03. The van der Waals surface area contributed by atoms with Crippen LogP contribution in [-0.2, 0) is 14.3 Å². The van der Waals surface area contributed by atoms with Crippen LogP contribution in [0.15, 0.2) is 41.4 Å². The van der Waals surface area contributed by atoms with E-state index in [1.54, 1.807) is 31.0 Å². The summed E-state index contributed by atoms with van der Waals surface area (Å²) in [4.78, 5) is 13.3. The Hall–Kier alpha value is -2.50. The second-order valence-corrected chi connectivity index (χ2v) is 4.03. The predicted octanol–water partition coefficient (Wildman–Crippen LogP) is 1.98. The van der Waals surface area contributed by atoms with Crippen molar-refractivity contribution in [3.8, 4) is 0 Å². The van der Waals surface area contributed by atoms with Crippen LogP contribution in [0.3, 0.4) is 0 Å². The molecule has 0 aromatic heterocycles. The zero-order valence-corrected chi connectivity index (χ0v) is 12.0. The molecule has 1 aromatic carbocycles. The fourth-order valence-electron chi connectivity index (χ4n) is 1.62. The Labute approximate surface area is 117 Å². The van der Waals surface area contributed by atoms with Crippen LogP contribution < -0.4 is 4.90 Å². The molecule has 6 nitrogen and oxygen atoms in total. The summed E-state index contributed by atoms with van der Waals surface area (Å²) in [5.41, 5.74) is 2.22. The fraction of sp³-hybridized carbons (Fsp3) is 0.286. The monoisotopic (exact) mass is 278 g/mol. The van der Waals surface area contributed by atoms with Gasteiger partial charge in [-0.05, 0) is 19.1 Å². The molecular formula is C14H18N2O4. The third-order valence-electron chi connectivity index (χ3n) is 2.79. The molecule has 0 saturated heterocycles. The van der Waals surface area contributed by atoms with Crippen LogP contribution in [0.25, 0.3) is 0 Å². The number of esters is 1. The van der Waals surface area contributed by atoms with Gasteiger partial charge < -0.3 is 19.6 Å². The number of nitrogens with zero attached hydrogens (tertiary/aromatic N) is 2. The molecule has 0 saturated carbocycles. The van der Waals surface area contributed by atoms with Crippen molar-refractivity contribution in [2.45, 2.75) is 6.92 Å². The summed E-state index contributed by atoms with van der Waals surface area (Å²) in [6.45, 7) is 1.69. The second kappa shape index (κ2) is 7.18. The number of ether oxygens (including phenoxy) is 2. The summed E-state index contributed by atoms with van der Waals surface area (Å²) < 4.78 is 9.61. The molecule has 0 aliphatic heterocycles. The van der Waals surface area contributed by atoms with Crippen molar-refractivity contribution in [1.82, 2.24) is 0 Å². The Kier molecular flexibility index (Phi) is 5.58. The molecule has 1 aromatic rings. The van der Waals surface area contributed by atoms with E-state index in [0.29, 0.717) is 5.71 Å². The van der Waals surface area contributed by atoms with Crippen LogP contribution in [0.1, 0.15) is 12.5 Å². The Morgan fingerprint density at radius 2 is 2.10 bits per heavy atom. The van der Waals surface area contributed by atoms with Gasteiger partial charge in [0.1, 0.15) is 6.26 Å². The van der Waals surface area contributed by atoms with Crippen molar-refractivity contribution in [2.75, 3.05) is 26.2 Å². The number of benzene rings is 1. The highest BCUT2D eigenvalue weighted by Crippen LogP contribution is 2.20. The van der Waals surface area contributed by atoms with Crippen molar-refractivity contribution >= 4 is 17.4 Å². The number of anilines is 1. The van der Waals surface area contributed by atoms with E-state index in [0.717, 1.165) is 11.3 Å². The highest BCUT2D eigenvalue weighted by Gasteiger charge is 2.17. The lowest BCUT2D eigenvalue weighted by atomic mass is 10.1. The van der Waals surface area contributed by atoms with E-state index in [1.807, 2.05) is 12.1 Å². The van der Waals surface area contributed by atoms with Gasteiger partial charge in [0.2, 0.25) is 0 Å². The molecule has 0 bridgehead atoms. The third kappa shape index (κ3) is 3.50. The maximum Gasteiger partial charge on any atom is 0.357 e. The Morgan fingerprint density at radius 3 is 2.65 bits per heavy atom. The summed E-state index contributed by atoms with van der Waals surface area (Å²) >= 11 is 0. The molecule has 0 atom stereocenters. The highest BCUT2D eigenvalue weighted by molar-refractivity contribution is 5.99. The number of rotatable bonds is 5. The summed E-state index contributed by atoms with van der Waals surface area (Å²) in [7, 11) is 4.47. The summed E-state index contributed by atoms with van der Waals surface area (Å²) in [5.74, 6) is -0.507. The third-order valence-corrected chi connectivity index (χ3v) is 2.79. The van der Waals surface area contributed by atoms with Crippen molar-refractivity contribution in [3.63, 3.8) is 0 Å². The molecule has 0 radical (unpaired) electrons. The first kappa shape index (κ1) is 15.6. The molecule has 0 unspecified atom stereocenters. The Balaban J connectivity index is 3.16. The maximum absolute atomic E-state index is 11.7. The van der Waals surface area contributed by atoms with Crippen molar-refractivity contribution in [2.24, 2.45) is 5.16 Å². The van der Waals surface area contributed by atoms with Gasteiger partial charge in [0.25, 0.3) is 0 Å². The number of likely N-dealkylation sites (N-methyl/N-ethyl adjacent to an activating group) is 1. The van der Waals surface area contributed by atoms with Crippen LogP contribution in [0.2, 0.25) is 0 Å². The minimum Gasteiger partial charge on any atom is -0.502 e. The minimum atomic E-state index is -0.507. The lowest BCUT2D eigenvalue weighted by Gasteiger charge is -2.21. The smallest absolute Gasteiger partial charge is 0.357 e. The number of oxime groups is 1. The molecule has 1 rings (SSSR count). The van der Waals surface area contributed by atoms with Gasteiger partial charge in [-0.1, -0.05) is 17.3 Å². The largest absolute Gasteiger partial charge is 0.502 e. The SMILES string of the molecule is COC=C(C(=O)OC)N(C)c1cccc(C(C)=NO)c1. The maximum atomic E-state index is 11.7. The van der Waals surface area contributed by atoms with E-state index in [-0.39, 0.29) is 5.70 Å². The van der Waals surface area contributed by atoms with E-state index in [2.05, 4.69) is 5.16 Å². The zero-order chi connectivity index (χ0) is 15.1. The average Bonchev–Trinajstić information content (AvgIpc) is 2.50. The first-order valence-electron chi connectivity index (χ1n) is 5.89. The lowest BCUT2D eigenvalue weighted by Crippen LogP contribution is -2.24.